The van der Waals surface area contributed by atoms with E-state index in [1.54, 1.807) is 0 Å². The molecule has 0 saturated carbocycles. The highest BCUT2D eigenvalue weighted by molar-refractivity contribution is 14.0. The molecule has 5 nitrogen and oxygen atoms in total. The van der Waals surface area contributed by atoms with Crippen molar-refractivity contribution >= 4 is 29.9 Å². The number of nitrogens with one attached hydrogen (secondary N) is 2. The lowest BCUT2D eigenvalue weighted by atomic mass is 9.82. The van der Waals surface area contributed by atoms with Crippen molar-refractivity contribution in [2.75, 3.05) is 40.3 Å². The predicted molar refractivity (Wildman–Crippen MR) is 115 cm³/mol. The minimum absolute atomic E-state index is 0. The molecule has 2 aliphatic heterocycles. The molecule has 2 atom stereocenters. The zero-order valence-electron chi connectivity index (χ0n) is 16.1. The van der Waals surface area contributed by atoms with Crippen molar-refractivity contribution in [1.29, 1.82) is 0 Å². The molecule has 2 saturated heterocycles. The Morgan fingerprint density at radius 2 is 1.83 bits per heavy atom. The Morgan fingerprint density at radius 3 is 2.38 bits per heavy atom. The van der Waals surface area contributed by atoms with Crippen LogP contribution in [0.5, 0.6) is 0 Å². The van der Waals surface area contributed by atoms with Gasteiger partial charge in [0.05, 0.1) is 0 Å². The van der Waals surface area contributed by atoms with Gasteiger partial charge < -0.3 is 20.4 Å². The Hall–Kier alpha value is -0.0800. The Morgan fingerprint density at radius 1 is 1.17 bits per heavy atom. The van der Waals surface area contributed by atoms with Crippen LogP contribution in [0.15, 0.2) is 4.99 Å². The van der Waals surface area contributed by atoms with E-state index >= 15 is 0 Å². The molecular weight excluding hydrogens is 413 g/mol. The lowest BCUT2D eigenvalue weighted by Gasteiger charge is -2.47. The minimum Gasteiger partial charge on any atom is -0.355 e. The maximum atomic E-state index is 4.43. The summed E-state index contributed by atoms with van der Waals surface area (Å²) in [6.45, 7) is 8.84. The standard InChI is InChI=1S/C18H37N5.HI/c1-5-11-23(6-2)12-10-20-18(19-3)21-15-13-16-8-7-9-17(14-15)22(16)4;/h15-17H,5-14H2,1-4H3,(H2,19,20,21);1H. The summed E-state index contributed by atoms with van der Waals surface area (Å²) in [4.78, 5) is 9.53. The lowest BCUT2D eigenvalue weighted by molar-refractivity contribution is 0.0526. The normalized spacial score (nSPS) is 27.7. The molecule has 0 radical (unpaired) electrons. The van der Waals surface area contributed by atoms with Crippen molar-refractivity contribution < 1.29 is 0 Å². The summed E-state index contributed by atoms with van der Waals surface area (Å²) in [6, 6.07) is 2.10. The summed E-state index contributed by atoms with van der Waals surface area (Å²) in [5.74, 6) is 0.977. The van der Waals surface area contributed by atoms with Gasteiger partial charge in [0, 0.05) is 38.3 Å². The summed E-state index contributed by atoms with van der Waals surface area (Å²) in [5, 5.41) is 7.17. The Labute approximate surface area is 166 Å². The molecule has 0 aromatic carbocycles. The first-order chi connectivity index (χ1) is 11.2. The fourth-order valence-electron chi connectivity index (χ4n) is 4.20. The van der Waals surface area contributed by atoms with Gasteiger partial charge in [-0.2, -0.15) is 0 Å². The highest BCUT2D eigenvalue weighted by Crippen LogP contribution is 2.32. The number of nitrogens with zero attached hydrogens (tertiary/aromatic N) is 3. The van der Waals surface area contributed by atoms with Crippen molar-refractivity contribution in [2.45, 2.75) is 70.5 Å². The second-order valence-electron chi connectivity index (χ2n) is 7.15. The molecule has 2 fully saturated rings. The monoisotopic (exact) mass is 451 g/mol. The molecule has 6 heteroatoms. The van der Waals surface area contributed by atoms with E-state index in [0.717, 1.165) is 37.7 Å². The van der Waals surface area contributed by atoms with Crippen LogP contribution in [-0.4, -0.2) is 74.2 Å². The average molecular weight is 451 g/mol. The maximum absolute atomic E-state index is 4.43. The number of likely N-dealkylation sites (N-methyl/N-ethyl adjacent to an activating group) is 1. The van der Waals surface area contributed by atoms with E-state index in [1.165, 1.54) is 45.1 Å². The molecule has 0 aromatic rings. The topological polar surface area (TPSA) is 42.9 Å². The molecular formula is C18H38IN5. The Bertz CT molecular complexity index is 362. The van der Waals surface area contributed by atoms with Crippen LogP contribution in [0, 0.1) is 0 Å². The fourth-order valence-corrected chi connectivity index (χ4v) is 4.20. The van der Waals surface area contributed by atoms with Crippen molar-refractivity contribution in [3.05, 3.63) is 0 Å². The molecule has 2 N–H and O–H groups in total. The second-order valence-corrected chi connectivity index (χ2v) is 7.15. The van der Waals surface area contributed by atoms with E-state index in [9.17, 15) is 0 Å². The first kappa shape index (κ1) is 22.0. The summed E-state index contributed by atoms with van der Waals surface area (Å²) in [5.41, 5.74) is 0. The number of halogens is 1. The average Bonchev–Trinajstić information content (AvgIpc) is 2.53. The van der Waals surface area contributed by atoms with Gasteiger partial charge in [0.1, 0.15) is 0 Å². The van der Waals surface area contributed by atoms with Crippen LogP contribution in [0.3, 0.4) is 0 Å². The van der Waals surface area contributed by atoms with Crippen LogP contribution < -0.4 is 10.6 Å². The Kier molecular flexibility index (Phi) is 10.5. The van der Waals surface area contributed by atoms with Crippen LogP contribution >= 0.6 is 24.0 Å². The van der Waals surface area contributed by atoms with Gasteiger partial charge in [-0.25, -0.2) is 0 Å². The highest BCUT2D eigenvalue weighted by atomic mass is 127. The fraction of sp³-hybridized carbons (Fsp3) is 0.944. The van der Waals surface area contributed by atoms with Gasteiger partial charge in [0.25, 0.3) is 0 Å². The number of fused-ring (bicyclic) bond motifs is 2. The molecule has 0 aliphatic carbocycles. The third kappa shape index (κ3) is 6.33. The quantitative estimate of drug-likeness (QED) is 0.355. The number of piperidine rings is 2. The van der Waals surface area contributed by atoms with Crippen molar-refractivity contribution in [1.82, 2.24) is 20.4 Å². The largest absolute Gasteiger partial charge is 0.355 e. The van der Waals surface area contributed by atoms with Crippen molar-refractivity contribution in [3.8, 4) is 0 Å². The molecule has 2 bridgehead atoms. The van der Waals surface area contributed by atoms with Crippen LogP contribution in [-0.2, 0) is 0 Å². The van der Waals surface area contributed by atoms with E-state index in [0.29, 0.717) is 6.04 Å². The zero-order valence-corrected chi connectivity index (χ0v) is 18.4. The zero-order chi connectivity index (χ0) is 16.7. The Balaban J connectivity index is 0.00000288. The van der Waals surface area contributed by atoms with Gasteiger partial charge in [0.2, 0.25) is 0 Å². The molecule has 0 aromatic heterocycles. The summed E-state index contributed by atoms with van der Waals surface area (Å²) in [6.07, 6.45) is 7.86. The molecule has 2 rings (SSSR count). The molecule has 2 heterocycles. The first-order valence-corrected chi connectivity index (χ1v) is 9.59. The summed E-state index contributed by atoms with van der Waals surface area (Å²) >= 11 is 0. The van der Waals surface area contributed by atoms with E-state index in [-0.39, 0.29) is 24.0 Å². The second kappa shape index (κ2) is 11.5. The van der Waals surface area contributed by atoms with Gasteiger partial charge in [-0.1, -0.05) is 20.3 Å². The maximum Gasteiger partial charge on any atom is 0.191 e. The number of hydrogen-bond acceptors (Lipinski definition) is 3. The lowest BCUT2D eigenvalue weighted by Crippen LogP contribution is -2.57. The van der Waals surface area contributed by atoms with Crippen molar-refractivity contribution in [3.63, 3.8) is 0 Å². The van der Waals surface area contributed by atoms with Crippen molar-refractivity contribution in [2.24, 2.45) is 4.99 Å². The van der Waals surface area contributed by atoms with E-state index in [2.05, 4.69) is 46.3 Å². The summed E-state index contributed by atoms with van der Waals surface area (Å²) in [7, 11) is 4.19. The van der Waals surface area contributed by atoms with Crippen LogP contribution in [0.25, 0.3) is 0 Å². The van der Waals surface area contributed by atoms with Crippen LogP contribution in [0.4, 0.5) is 0 Å². The summed E-state index contributed by atoms with van der Waals surface area (Å²) < 4.78 is 0. The van der Waals surface area contributed by atoms with E-state index < -0.39 is 0 Å². The van der Waals surface area contributed by atoms with Gasteiger partial charge in [-0.05, 0) is 52.2 Å². The third-order valence-corrected chi connectivity index (χ3v) is 5.61. The molecule has 0 spiro atoms. The first-order valence-electron chi connectivity index (χ1n) is 9.59. The van der Waals surface area contributed by atoms with Crippen LogP contribution in [0.2, 0.25) is 0 Å². The van der Waals surface area contributed by atoms with Gasteiger partial charge >= 0.3 is 0 Å². The SMILES string of the molecule is CCCN(CC)CCNC(=NC)NC1CC2CCCC(C1)N2C.I. The van der Waals surface area contributed by atoms with Crippen LogP contribution in [0.1, 0.15) is 52.4 Å². The molecule has 24 heavy (non-hydrogen) atoms. The molecule has 2 unspecified atom stereocenters. The number of hydrogen-bond donors (Lipinski definition) is 2. The molecule has 0 amide bonds. The third-order valence-electron chi connectivity index (χ3n) is 5.61. The number of guanidine groups is 1. The van der Waals surface area contributed by atoms with Gasteiger partial charge in [-0.3, -0.25) is 4.99 Å². The molecule has 2 aliphatic rings. The minimum atomic E-state index is 0. The smallest absolute Gasteiger partial charge is 0.191 e. The van der Waals surface area contributed by atoms with Gasteiger partial charge in [0.15, 0.2) is 5.96 Å². The molecule has 142 valence electrons. The van der Waals surface area contributed by atoms with E-state index in [4.69, 9.17) is 0 Å². The predicted octanol–water partition coefficient (Wildman–Crippen LogP) is 2.52. The number of aliphatic imine (C=N–C) groups is 1. The van der Waals surface area contributed by atoms with Gasteiger partial charge in [-0.15, -0.1) is 24.0 Å². The number of rotatable bonds is 7. The van der Waals surface area contributed by atoms with E-state index in [1.807, 2.05) is 7.05 Å². The highest BCUT2D eigenvalue weighted by Gasteiger charge is 2.36.